The Morgan fingerprint density at radius 1 is 1.37 bits per heavy atom. The van der Waals surface area contributed by atoms with Crippen molar-refractivity contribution in [3.05, 3.63) is 53.6 Å². The Labute approximate surface area is 108 Å². The molecule has 2 aromatic rings. The maximum Gasteiger partial charge on any atom is 0.416 e. The molecule has 0 saturated carbocycles. The summed E-state index contributed by atoms with van der Waals surface area (Å²) in [4.78, 5) is 3.97. The van der Waals surface area contributed by atoms with Crippen LogP contribution in [0.4, 0.5) is 13.2 Å². The molecule has 1 aromatic heterocycles. The highest BCUT2D eigenvalue weighted by Crippen LogP contribution is 2.29. The Hall–Kier alpha value is -1.82. The first-order valence-corrected chi connectivity index (χ1v) is 5.79. The lowest BCUT2D eigenvalue weighted by molar-refractivity contribution is -0.137. The fourth-order valence-electron chi connectivity index (χ4n) is 1.88. The largest absolute Gasteiger partial charge is 0.416 e. The van der Waals surface area contributed by atoms with Crippen LogP contribution in [0.25, 0.3) is 0 Å². The Morgan fingerprint density at radius 3 is 2.74 bits per heavy atom. The number of alkyl halides is 3. The van der Waals surface area contributed by atoms with Gasteiger partial charge in [-0.15, -0.1) is 0 Å². The fraction of sp³-hybridized carbons (Fsp3) is 0.308. The summed E-state index contributed by atoms with van der Waals surface area (Å²) >= 11 is 0. The minimum atomic E-state index is -4.32. The van der Waals surface area contributed by atoms with Crippen LogP contribution in [0.15, 0.2) is 36.8 Å². The van der Waals surface area contributed by atoms with Crippen LogP contribution in [0, 0.1) is 0 Å². The lowest BCUT2D eigenvalue weighted by Crippen LogP contribution is -2.13. The number of halogens is 3. The summed E-state index contributed by atoms with van der Waals surface area (Å²) in [5, 5.41) is 0. The summed E-state index contributed by atoms with van der Waals surface area (Å²) in [5.74, 6) is 0. The van der Waals surface area contributed by atoms with Crippen molar-refractivity contribution in [2.45, 2.75) is 25.7 Å². The van der Waals surface area contributed by atoms with Crippen molar-refractivity contribution in [1.29, 1.82) is 0 Å². The molecular formula is C13H14F3N3. The second kappa shape index (κ2) is 5.05. The predicted octanol–water partition coefficient (Wildman–Crippen LogP) is 2.97. The Bertz CT molecular complexity index is 558. The van der Waals surface area contributed by atoms with Gasteiger partial charge in [0.15, 0.2) is 0 Å². The molecule has 1 atom stereocenters. The number of aromatic nitrogens is 2. The fourth-order valence-corrected chi connectivity index (χ4v) is 1.88. The third-order valence-electron chi connectivity index (χ3n) is 2.82. The molecule has 1 aromatic carbocycles. The lowest BCUT2D eigenvalue weighted by Gasteiger charge is -2.12. The van der Waals surface area contributed by atoms with E-state index in [4.69, 9.17) is 5.73 Å². The number of rotatable bonds is 3. The zero-order chi connectivity index (χ0) is 14.0. The summed E-state index contributed by atoms with van der Waals surface area (Å²) in [6.07, 6.45) is -1.13. The van der Waals surface area contributed by atoms with Gasteiger partial charge in [0, 0.05) is 18.8 Å². The molecule has 102 valence electrons. The van der Waals surface area contributed by atoms with Gasteiger partial charge in [-0.2, -0.15) is 13.2 Å². The lowest BCUT2D eigenvalue weighted by atomic mass is 10.1. The van der Waals surface area contributed by atoms with Crippen molar-refractivity contribution in [2.75, 3.05) is 0 Å². The molecule has 0 aliphatic carbocycles. The number of hydrogen-bond donors (Lipinski definition) is 1. The van der Waals surface area contributed by atoms with E-state index >= 15 is 0 Å². The van der Waals surface area contributed by atoms with Gasteiger partial charge in [0.1, 0.15) is 0 Å². The Morgan fingerprint density at radius 2 is 2.11 bits per heavy atom. The average molecular weight is 269 g/mol. The van der Waals surface area contributed by atoms with Gasteiger partial charge in [0.25, 0.3) is 0 Å². The molecule has 1 heterocycles. The smallest absolute Gasteiger partial charge is 0.329 e. The molecule has 0 spiro atoms. The van der Waals surface area contributed by atoms with E-state index in [1.165, 1.54) is 6.07 Å². The molecule has 3 nitrogen and oxygen atoms in total. The maximum absolute atomic E-state index is 12.6. The van der Waals surface area contributed by atoms with Crippen molar-refractivity contribution in [3.63, 3.8) is 0 Å². The number of nitrogens with zero attached hydrogens (tertiary/aromatic N) is 2. The third-order valence-corrected chi connectivity index (χ3v) is 2.82. The molecule has 0 saturated heterocycles. The van der Waals surface area contributed by atoms with Crippen LogP contribution in [-0.2, 0) is 12.7 Å². The minimum Gasteiger partial charge on any atom is -0.329 e. The van der Waals surface area contributed by atoms with Crippen LogP contribution in [0.1, 0.15) is 29.8 Å². The summed E-state index contributed by atoms with van der Waals surface area (Å²) in [7, 11) is 0. The molecular weight excluding hydrogens is 255 g/mol. The van der Waals surface area contributed by atoms with Crippen molar-refractivity contribution < 1.29 is 13.2 Å². The van der Waals surface area contributed by atoms with Gasteiger partial charge in [-0.3, -0.25) is 0 Å². The predicted molar refractivity (Wildman–Crippen MR) is 65.4 cm³/mol. The summed E-state index contributed by atoms with van der Waals surface area (Å²) in [6, 6.07) is 5.05. The molecule has 0 fully saturated rings. The first-order valence-electron chi connectivity index (χ1n) is 5.79. The highest BCUT2D eigenvalue weighted by molar-refractivity contribution is 5.26. The molecule has 2 rings (SSSR count). The standard InChI is InChI=1S/C13H14F3N3/c1-9(17)12-6-18-8-19(12)7-10-3-2-4-11(5-10)13(14,15)16/h2-6,8-9H,7,17H2,1H3/t9-/m0/s1. The number of imidazole rings is 1. The minimum absolute atomic E-state index is 0.215. The number of nitrogens with two attached hydrogens (primary N) is 1. The number of benzene rings is 1. The molecule has 0 bridgehead atoms. The van der Waals surface area contributed by atoms with Crippen molar-refractivity contribution in [3.8, 4) is 0 Å². The summed E-state index contributed by atoms with van der Waals surface area (Å²) < 4.78 is 39.6. The van der Waals surface area contributed by atoms with Crippen LogP contribution in [-0.4, -0.2) is 9.55 Å². The van der Waals surface area contributed by atoms with Gasteiger partial charge < -0.3 is 10.3 Å². The Kier molecular flexibility index (Phi) is 3.61. The monoisotopic (exact) mass is 269 g/mol. The topological polar surface area (TPSA) is 43.8 Å². The normalized spacial score (nSPS) is 13.5. The zero-order valence-corrected chi connectivity index (χ0v) is 10.4. The van der Waals surface area contributed by atoms with Crippen molar-refractivity contribution in [1.82, 2.24) is 9.55 Å². The average Bonchev–Trinajstić information content (AvgIpc) is 2.76. The van der Waals surface area contributed by atoms with Gasteiger partial charge in [0.2, 0.25) is 0 Å². The van der Waals surface area contributed by atoms with Gasteiger partial charge >= 0.3 is 6.18 Å². The van der Waals surface area contributed by atoms with Crippen LogP contribution < -0.4 is 5.73 Å². The highest BCUT2D eigenvalue weighted by Gasteiger charge is 2.30. The Balaban J connectivity index is 2.26. The first-order chi connectivity index (χ1) is 8.88. The van der Waals surface area contributed by atoms with E-state index in [0.717, 1.165) is 17.8 Å². The molecule has 0 aliphatic rings. The van der Waals surface area contributed by atoms with E-state index < -0.39 is 11.7 Å². The van der Waals surface area contributed by atoms with Gasteiger partial charge in [-0.25, -0.2) is 4.98 Å². The molecule has 6 heteroatoms. The molecule has 19 heavy (non-hydrogen) atoms. The van der Waals surface area contributed by atoms with E-state index in [1.807, 2.05) is 0 Å². The van der Waals surface area contributed by atoms with E-state index in [-0.39, 0.29) is 6.04 Å². The molecule has 0 unspecified atom stereocenters. The van der Waals surface area contributed by atoms with Crippen LogP contribution in [0.3, 0.4) is 0 Å². The van der Waals surface area contributed by atoms with Gasteiger partial charge in [-0.05, 0) is 24.6 Å². The zero-order valence-electron chi connectivity index (χ0n) is 10.4. The number of hydrogen-bond acceptors (Lipinski definition) is 2. The van der Waals surface area contributed by atoms with Crippen LogP contribution in [0.5, 0.6) is 0 Å². The van der Waals surface area contributed by atoms with Crippen molar-refractivity contribution >= 4 is 0 Å². The second-order valence-corrected chi connectivity index (χ2v) is 4.43. The molecule has 0 radical (unpaired) electrons. The van der Waals surface area contributed by atoms with Gasteiger partial charge in [-0.1, -0.05) is 12.1 Å². The molecule has 0 amide bonds. The quantitative estimate of drug-likeness (QED) is 0.931. The summed E-state index contributed by atoms with van der Waals surface area (Å²) in [6.45, 7) is 2.13. The van der Waals surface area contributed by atoms with E-state index in [1.54, 1.807) is 30.1 Å². The molecule has 0 aliphatic heterocycles. The maximum atomic E-state index is 12.6. The van der Waals surface area contributed by atoms with E-state index in [2.05, 4.69) is 4.98 Å². The summed E-state index contributed by atoms with van der Waals surface area (Å²) in [5.41, 5.74) is 6.48. The SMILES string of the molecule is C[C@H](N)c1cncn1Cc1cccc(C(F)(F)F)c1. The van der Waals surface area contributed by atoms with E-state index in [0.29, 0.717) is 12.1 Å². The van der Waals surface area contributed by atoms with Crippen molar-refractivity contribution in [2.24, 2.45) is 5.73 Å². The molecule has 2 N–H and O–H groups in total. The highest BCUT2D eigenvalue weighted by atomic mass is 19.4. The van der Waals surface area contributed by atoms with Crippen LogP contribution in [0.2, 0.25) is 0 Å². The van der Waals surface area contributed by atoms with Crippen LogP contribution >= 0.6 is 0 Å². The first kappa shape index (κ1) is 13.6. The van der Waals surface area contributed by atoms with E-state index in [9.17, 15) is 13.2 Å². The van der Waals surface area contributed by atoms with Gasteiger partial charge in [0.05, 0.1) is 17.6 Å². The third kappa shape index (κ3) is 3.14. The second-order valence-electron chi connectivity index (χ2n) is 4.43.